The predicted molar refractivity (Wildman–Crippen MR) is 120 cm³/mol. The fourth-order valence-corrected chi connectivity index (χ4v) is 4.25. The Hall–Kier alpha value is -4.12. The average molecular weight is 466 g/mol. The smallest absolute Gasteiger partial charge is 0.301 e. The number of carbonyl (C=O) groups is 2. The van der Waals surface area contributed by atoms with Crippen molar-refractivity contribution in [2.75, 3.05) is 11.5 Å². The molecule has 1 aliphatic heterocycles. The summed E-state index contributed by atoms with van der Waals surface area (Å²) in [5.41, 5.74) is 0.428. The second-order valence-corrected chi connectivity index (χ2v) is 8.24. The molecule has 2 aromatic carbocycles. The van der Waals surface area contributed by atoms with Gasteiger partial charge < -0.3 is 9.84 Å². The number of aromatic nitrogens is 2. The molecule has 1 aliphatic rings. The topological polar surface area (TPSA) is 136 Å². The second-order valence-electron chi connectivity index (χ2n) is 7.08. The highest BCUT2D eigenvalue weighted by Crippen LogP contribution is 2.43. The molecule has 1 N–H and O–H groups in total. The molecular formula is C22H18N4O6S. The van der Waals surface area contributed by atoms with Gasteiger partial charge in [-0.3, -0.25) is 24.6 Å². The average Bonchev–Trinajstić information content (AvgIpc) is 3.34. The lowest BCUT2D eigenvalue weighted by Gasteiger charge is -2.22. The summed E-state index contributed by atoms with van der Waals surface area (Å²) >= 11 is 1.12. The van der Waals surface area contributed by atoms with Crippen molar-refractivity contribution >= 4 is 39.6 Å². The van der Waals surface area contributed by atoms with Gasteiger partial charge >= 0.3 is 5.91 Å². The maximum Gasteiger partial charge on any atom is 0.301 e. The van der Waals surface area contributed by atoms with E-state index in [1.807, 2.05) is 6.92 Å². The van der Waals surface area contributed by atoms with Crippen molar-refractivity contribution in [2.24, 2.45) is 0 Å². The van der Waals surface area contributed by atoms with E-state index in [0.29, 0.717) is 28.5 Å². The van der Waals surface area contributed by atoms with Crippen molar-refractivity contribution < 1.29 is 24.4 Å². The zero-order valence-electron chi connectivity index (χ0n) is 17.6. The van der Waals surface area contributed by atoms with E-state index in [2.05, 4.69) is 10.2 Å². The molecule has 4 rings (SSSR count). The maximum atomic E-state index is 13.1. The van der Waals surface area contributed by atoms with Crippen molar-refractivity contribution in [1.29, 1.82) is 0 Å². The van der Waals surface area contributed by atoms with Gasteiger partial charge in [-0.1, -0.05) is 11.3 Å². The number of aliphatic hydroxyl groups excluding tert-OH is 1. The summed E-state index contributed by atoms with van der Waals surface area (Å²) in [5.74, 6) is -1.55. The molecule has 1 aromatic heterocycles. The standard InChI is InChI=1S/C22H18N4O6S/c1-3-32-16-10-6-14(7-11-16)19(27)17-18(13-4-8-15(9-5-13)26(30)31)25(21(29)20(17)28)22-24-23-12(2)33-22/h4-11,18,27H,3H2,1-2H3/t18-/m1/s1. The van der Waals surface area contributed by atoms with Crippen molar-refractivity contribution in [1.82, 2.24) is 10.2 Å². The molecule has 0 bridgehead atoms. The first-order valence-electron chi connectivity index (χ1n) is 9.90. The molecule has 10 nitrogen and oxygen atoms in total. The quantitative estimate of drug-likeness (QED) is 0.191. The van der Waals surface area contributed by atoms with Crippen LogP contribution in [-0.2, 0) is 9.59 Å². The number of amides is 1. The molecule has 1 amide bonds. The van der Waals surface area contributed by atoms with Crippen LogP contribution >= 0.6 is 11.3 Å². The number of anilines is 1. The van der Waals surface area contributed by atoms with Crippen LogP contribution in [0.15, 0.2) is 54.1 Å². The molecule has 33 heavy (non-hydrogen) atoms. The number of ketones is 1. The molecule has 1 atom stereocenters. The third-order valence-corrected chi connectivity index (χ3v) is 5.86. The summed E-state index contributed by atoms with van der Waals surface area (Å²) in [6.07, 6.45) is 0. The van der Waals surface area contributed by atoms with E-state index in [-0.39, 0.29) is 22.2 Å². The molecule has 0 unspecified atom stereocenters. The number of carbonyl (C=O) groups excluding carboxylic acids is 2. The third kappa shape index (κ3) is 4.05. The van der Waals surface area contributed by atoms with Crippen LogP contribution < -0.4 is 9.64 Å². The highest BCUT2D eigenvalue weighted by atomic mass is 32.1. The molecule has 2 heterocycles. The van der Waals surface area contributed by atoms with E-state index in [4.69, 9.17) is 4.74 Å². The Morgan fingerprint density at radius 1 is 1.15 bits per heavy atom. The minimum Gasteiger partial charge on any atom is -0.507 e. The van der Waals surface area contributed by atoms with Crippen molar-refractivity contribution in [3.8, 4) is 5.75 Å². The molecular weight excluding hydrogens is 448 g/mol. The fourth-order valence-electron chi connectivity index (χ4n) is 3.54. The van der Waals surface area contributed by atoms with E-state index >= 15 is 0 Å². The van der Waals surface area contributed by atoms with Crippen LogP contribution in [0.5, 0.6) is 5.75 Å². The normalized spacial score (nSPS) is 17.4. The monoisotopic (exact) mass is 466 g/mol. The molecule has 11 heteroatoms. The van der Waals surface area contributed by atoms with Gasteiger partial charge in [0, 0.05) is 17.7 Å². The van der Waals surface area contributed by atoms with Gasteiger partial charge in [0.25, 0.3) is 11.5 Å². The van der Waals surface area contributed by atoms with Crippen molar-refractivity contribution in [2.45, 2.75) is 19.9 Å². The predicted octanol–water partition coefficient (Wildman–Crippen LogP) is 3.78. The Balaban J connectivity index is 1.87. The van der Waals surface area contributed by atoms with E-state index in [1.165, 1.54) is 24.3 Å². The summed E-state index contributed by atoms with van der Waals surface area (Å²) in [6, 6.07) is 10.8. The number of nitrogens with zero attached hydrogens (tertiary/aromatic N) is 4. The molecule has 0 spiro atoms. The van der Waals surface area contributed by atoms with Crippen molar-refractivity contribution in [3.63, 3.8) is 0 Å². The Morgan fingerprint density at radius 3 is 2.36 bits per heavy atom. The van der Waals surface area contributed by atoms with E-state index in [1.54, 1.807) is 31.2 Å². The van der Waals surface area contributed by atoms with Gasteiger partial charge in [-0.15, -0.1) is 10.2 Å². The minimum atomic E-state index is -1.04. The van der Waals surface area contributed by atoms with E-state index in [0.717, 1.165) is 16.2 Å². The van der Waals surface area contributed by atoms with Gasteiger partial charge in [-0.2, -0.15) is 0 Å². The lowest BCUT2D eigenvalue weighted by molar-refractivity contribution is -0.384. The number of non-ortho nitro benzene ring substituents is 1. The van der Waals surface area contributed by atoms with Crippen molar-refractivity contribution in [3.05, 3.63) is 80.4 Å². The fraction of sp³-hybridized carbons (Fsp3) is 0.182. The number of ether oxygens (including phenoxy) is 1. The first-order valence-corrected chi connectivity index (χ1v) is 10.7. The van der Waals surface area contributed by atoms with Gasteiger partial charge in [-0.25, -0.2) is 0 Å². The summed E-state index contributed by atoms with van der Waals surface area (Å²) in [7, 11) is 0. The number of nitro benzene ring substituents is 1. The number of aryl methyl sites for hydroxylation is 1. The van der Waals surface area contributed by atoms with E-state index in [9.17, 15) is 24.8 Å². The zero-order valence-corrected chi connectivity index (χ0v) is 18.4. The van der Waals surface area contributed by atoms with Gasteiger partial charge in [-0.05, 0) is 55.8 Å². The summed E-state index contributed by atoms with van der Waals surface area (Å²) in [4.78, 5) is 37.7. The lowest BCUT2D eigenvalue weighted by atomic mass is 9.95. The van der Waals surface area contributed by atoms with Crippen LogP contribution in [0.25, 0.3) is 5.76 Å². The van der Waals surface area contributed by atoms with Crippen LogP contribution in [0.1, 0.15) is 29.1 Å². The SMILES string of the molecule is CCOc1ccc(C(O)=C2C(=O)C(=O)N(c3nnc(C)s3)[C@@H]2c2ccc([N+](=O)[O-])cc2)cc1. The first-order chi connectivity index (χ1) is 15.8. The Labute approximate surface area is 191 Å². The lowest BCUT2D eigenvalue weighted by Crippen LogP contribution is -2.29. The molecule has 0 saturated carbocycles. The Bertz CT molecular complexity index is 1270. The van der Waals surface area contributed by atoms with Gasteiger partial charge in [0.2, 0.25) is 5.13 Å². The number of aliphatic hydroxyl groups is 1. The number of nitro groups is 1. The minimum absolute atomic E-state index is 0.144. The highest BCUT2D eigenvalue weighted by Gasteiger charge is 2.48. The van der Waals surface area contributed by atoms with Gasteiger partial charge in [0.15, 0.2) is 0 Å². The molecule has 3 aromatic rings. The van der Waals surface area contributed by atoms with Crippen LogP contribution in [0.4, 0.5) is 10.8 Å². The van der Waals surface area contributed by atoms with Gasteiger partial charge in [0.1, 0.15) is 16.5 Å². The summed E-state index contributed by atoms with van der Waals surface area (Å²) in [5, 5.41) is 30.8. The number of hydrogen-bond acceptors (Lipinski definition) is 9. The number of rotatable bonds is 6. The van der Waals surface area contributed by atoms with Crippen LogP contribution in [0, 0.1) is 17.0 Å². The largest absolute Gasteiger partial charge is 0.507 e. The van der Waals surface area contributed by atoms with E-state index < -0.39 is 22.7 Å². The summed E-state index contributed by atoms with van der Waals surface area (Å²) in [6.45, 7) is 4.02. The number of benzene rings is 2. The number of Topliss-reactive ketones (excluding diaryl/α,β-unsaturated/α-hetero) is 1. The Kier molecular flexibility index (Phi) is 5.88. The molecule has 168 valence electrons. The van der Waals surface area contributed by atoms with Gasteiger partial charge in [0.05, 0.1) is 23.1 Å². The molecule has 1 fully saturated rings. The molecule has 0 aliphatic carbocycles. The first kappa shape index (κ1) is 22.1. The third-order valence-electron chi connectivity index (χ3n) is 5.02. The highest BCUT2D eigenvalue weighted by molar-refractivity contribution is 7.15. The summed E-state index contributed by atoms with van der Waals surface area (Å²) < 4.78 is 5.41. The molecule has 1 saturated heterocycles. The van der Waals surface area contributed by atoms with Crippen LogP contribution in [-0.4, -0.2) is 38.5 Å². The van der Waals surface area contributed by atoms with Crippen LogP contribution in [0.3, 0.4) is 0 Å². The Morgan fingerprint density at radius 2 is 1.82 bits per heavy atom. The number of hydrogen-bond donors (Lipinski definition) is 1. The van der Waals surface area contributed by atoms with Crippen LogP contribution in [0.2, 0.25) is 0 Å². The second kappa shape index (κ2) is 8.79. The maximum absolute atomic E-state index is 13.1. The molecule has 0 radical (unpaired) electrons. The zero-order chi connectivity index (χ0) is 23.7.